The number of benzene rings is 1. The Morgan fingerprint density at radius 2 is 1.68 bits per heavy atom. The maximum Gasteiger partial charge on any atom is 0.243 e. The highest BCUT2D eigenvalue weighted by Crippen LogP contribution is 2.15. The molecule has 0 aliphatic rings. The van der Waals surface area contributed by atoms with Gasteiger partial charge in [0.15, 0.2) is 0 Å². The molecule has 2 heteroatoms. The van der Waals surface area contributed by atoms with E-state index in [1.807, 2.05) is 6.08 Å². The van der Waals surface area contributed by atoms with Crippen molar-refractivity contribution >= 4 is 12.0 Å². The number of amides is 1. The molecule has 0 aliphatic carbocycles. The molecule has 0 spiro atoms. The van der Waals surface area contributed by atoms with Crippen LogP contribution in [0.3, 0.4) is 0 Å². The second-order valence-electron chi connectivity index (χ2n) is 6.21. The average Bonchev–Trinajstić information content (AvgIpc) is 2.52. The minimum atomic E-state index is 0.00138. The van der Waals surface area contributed by atoms with Crippen molar-refractivity contribution in [1.82, 2.24) is 5.32 Å². The summed E-state index contributed by atoms with van der Waals surface area (Å²) in [5.74, 6) is 0.542. The van der Waals surface area contributed by atoms with Crippen molar-refractivity contribution in [3.05, 3.63) is 41.5 Å². The quantitative estimate of drug-likeness (QED) is 0.461. The van der Waals surface area contributed by atoms with E-state index in [9.17, 15) is 4.79 Å². The Hall–Kier alpha value is -1.57. The normalized spacial score (nSPS) is 11.3. The van der Waals surface area contributed by atoms with Gasteiger partial charge in [0.2, 0.25) is 5.91 Å². The number of carbonyl (C=O) groups excluding carboxylic acids is 1. The van der Waals surface area contributed by atoms with Gasteiger partial charge in [-0.3, -0.25) is 4.79 Å². The molecule has 1 N–H and O–H groups in total. The maximum atomic E-state index is 11.7. The summed E-state index contributed by atoms with van der Waals surface area (Å²) >= 11 is 0. The van der Waals surface area contributed by atoms with Crippen molar-refractivity contribution in [2.24, 2.45) is 0 Å². The molecule has 1 aromatic carbocycles. The van der Waals surface area contributed by atoms with Crippen LogP contribution in [0.5, 0.6) is 0 Å². The Balaban J connectivity index is 2.21. The maximum absolute atomic E-state index is 11.7. The Morgan fingerprint density at radius 3 is 2.32 bits per heavy atom. The first kappa shape index (κ1) is 18.5. The number of carbonyl (C=O) groups is 1. The molecular weight excluding hydrogens is 270 g/mol. The first-order valence-corrected chi connectivity index (χ1v) is 8.69. The van der Waals surface area contributed by atoms with Gasteiger partial charge in [0.05, 0.1) is 0 Å². The van der Waals surface area contributed by atoms with Gasteiger partial charge < -0.3 is 5.32 Å². The molecule has 0 atom stereocenters. The molecule has 1 aromatic rings. The van der Waals surface area contributed by atoms with Crippen molar-refractivity contribution in [2.45, 2.75) is 65.2 Å². The smallest absolute Gasteiger partial charge is 0.243 e. The van der Waals surface area contributed by atoms with E-state index in [1.54, 1.807) is 6.08 Å². The van der Waals surface area contributed by atoms with Gasteiger partial charge in [-0.15, -0.1) is 0 Å². The lowest BCUT2D eigenvalue weighted by Crippen LogP contribution is -2.21. The molecule has 1 amide bonds. The van der Waals surface area contributed by atoms with Gasteiger partial charge in [0.1, 0.15) is 0 Å². The highest BCUT2D eigenvalue weighted by atomic mass is 16.1. The van der Waals surface area contributed by atoms with Crippen LogP contribution in [0.1, 0.15) is 76.3 Å². The van der Waals surface area contributed by atoms with E-state index in [0.717, 1.165) is 18.5 Å². The van der Waals surface area contributed by atoms with Crippen molar-refractivity contribution < 1.29 is 4.79 Å². The zero-order valence-electron chi connectivity index (χ0n) is 14.4. The van der Waals surface area contributed by atoms with Crippen LogP contribution in [0.15, 0.2) is 30.3 Å². The van der Waals surface area contributed by atoms with Crippen LogP contribution < -0.4 is 5.32 Å². The fourth-order valence-corrected chi connectivity index (χ4v) is 2.34. The van der Waals surface area contributed by atoms with Crippen molar-refractivity contribution in [2.75, 3.05) is 6.54 Å². The molecule has 0 unspecified atom stereocenters. The van der Waals surface area contributed by atoms with Crippen LogP contribution in [0, 0.1) is 0 Å². The van der Waals surface area contributed by atoms with Gasteiger partial charge in [-0.25, -0.2) is 0 Å². The summed E-state index contributed by atoms with van der Waals surface area (Å²) in [5, 5.41) is 2.95. The van der Waals surface area contributed by atoms with Crippen molar-refractivity contribution in [3.63, 3.8) is 0 Å². The van der Waals surface area contributed by atoms with Gasteiger partial charge in [-0.05, 0) is 29.5 Å². The number of nitrogens with one attached hydrogen (secondary N) is 1. The highest BCUT2D eigenvalue weighted by molar-refractivity contribution is 5.91. The van der Waals surface area contributed by atoms with E-state index in [1.165, 1.54) is 37.7 Å². The lowest BCUT2D eigenvalue weighted by Gasteiger charge is -2.05. The molecule has 0 aliphatic heterocycles. The second kappa shape index (κ2) is 11.1. The van der Waals surface area contributed by atoms with Crippen molar-refractivity contribution in [3.8, 4) is 0 Å². The van der Waals surface area contributed by atoms with Crippen LogP contribution in [0.4, 0.5) is 0 Å². The zero-order valence-corrected chi connectivity index (χ0v) is 14.4. The van der Waals surface area contributed by atoms with Gasteiger partial charge in [0.25, 0.3) is 0 Å². The van der Waals surface area contributed by atoms with Crippen LogP contribution in [0.2, 0.25) is 0 Å². The zero-order chi connectivity index (χ0) is 16.2. The third-order valence-corrected chi connectivity index (χ3v) is 3.86. The van der Waals surface area contributed by atoms with Gasteiger partial charge in [-0.2, -0.15) is 0 Å². The lowest BCUT2D eigenvalue weighted by atomic mass is 10.0. The summed E-state index contributed by atoms with van der Waals surface area (Å²) in [6.07, 6.45) is 11.0. The summed E-state index contributed by atoms with van der Waals surface area (Å²) in [6.45, 7) is 7.37. The molecule has 0 fully saturated rings. The van der Waals surface area contributed by atoms with E-state index in [0.29, 0.717) is 5.92 Å². The summed E-state index contributed by atoms with van der Waals surface area (Å²) < 4.78 is 0. The molecule has 2 nitrogen and oxygen atoms in total. The monoisotopic (exact) mass is 301 g/mol. The molecule has 122 valence electrons. The number of rotatable bonds is 10. The topological polar surface area (TPSA) is 29.1 Å². The summed E-state index contributed by atoms with van der Waals surface area (Å²) in [7, 11) is 0. The first-order chi connectivity index (χ1) is 10.6. The van der Waals surface area contributed by atoms with E-state index >= 15 is 0 Å². The van der Waals surface area contributed by atoms with E-state index in [-0.39, 0.29) is 5.91 Å². The van der Waals surface area contributed by atoms with Gasteiger partial charge >= 0.3 is 0 Å². The number of hydrogen-bond acceptors (Lipinski definition) is 1. The molecule has 0 heterocycles. The molecule has 0 saturated heterocycles. The summed E-state index contributed by atoms with van der Waals surface area (Å²) in [5.41, 5.74) is 2.39. The third kappa shape index (κ3) is 8.02. The molecule has 0 aromatic heterocycles. The minimum Gasteiger partial charge on any atom is -0.353 e. The Bertz CT molecular complexity index is 445. The Labute approximate surface area is 136 Å². The molecule has 1 rings (SSSR count). The standard InChI is InChI=1S/C20H31NO/c1-4-5-6-7-8-9-16-21-20(22)15-12-18-10-13-19(14-11-18)17(2)3/h10-15,17H,4-9,16H2,1-3H3,(H,21,22). The Kier molecular flexibility index (Phi) is 9.29. The van der Waals surface area contributed by atoms with Crippen LogP contribution in [-0.4, -0.2) is 12.5 Å². The van der Waals surface area contributed by atoms with Crippen LogP contribution >= 0.6 is 0 Å². The average molecular weight is 301 g/mol. The second-order valence-corrected chi connectivity index (χ2v) is 6.21. The lowest BCUT2D eigenvalue weighted by molar-refractivity contribution is -0.116. The molecule has 0 saturated carbocycles. The predicted molar refractivity (Wildman–Crippen MR) is 96.0 cm³/mol. The predicted octanol–water partition coefficient (Wildman–Crippen LogP) is 5.30. The van der Waals surface area contributed by atoms with Crippen molar-refractivity contribution in [1.29, 1.82) is 0 Å². The molecule has 0 bridgehead atoms. The minimum absolute atomic E-state index is 0.00138. The van der Waals surface area contributed by atoms with Crippen LogP contribution in [-0.2, 0) is 4.79 Å². The molecular formula is C20H31NO. The number of hydrogen-bond donors (Lipinski definition) is 1. The fourth-order valence-electron chi connectivity index (χ4n) is 2.34. The Morgan fingerprint density at radius 1 is 1.05 bits per heavy atom. The number of unbranched alkanes of at least 4 members (excludes halogenated alkanes) is 5. The summed E-state index contributed by atoms with van der Waals surface area (Å²) in [6, 6.07) is 8.37. The first-order valence-electron chi connectivity index (χ1n) is 8.69. The van der Waals surface area contributed by atoms with Gasteiger partial charge in [-0.1, -0.05) is 77.1 Å². The third-order valence-electron chi connectivity index (χ3n) is 3.86. The fraction of sp³-hybridized carbons (Fsp3) is 0.550. The largest absolute Gasteiger partial charge is 0.353 e. The van der Waals surface area contributed by atoms with E-state index in [4.69, 9.17) is 0 Å². The SMILES string of the molecule is CCCCCCCCNC(=O)C=Cc1ccc(C(C)C)cc1. The van der Waals surface area contributed by atoms with E-state index < -0.39 is 0 Å². The van der Waals surface area contributed by atoms with Gasteiger partial charge in [0, 0.05) is 12.6 Å². The molecule has 0 radical (unpaired) electrons. The summed E-state index contributed by atoms with van der Waals surface area (Å²) in [4.78, 5) is 11.7. The van der Waals surface area contributed by atoms with E-state index in [2.05, 4.69) is 50.4 Å². The highest BCUT2D eigenvalue weighted by Gasteiger charge is 1.98. The molecule has 22 heavy (non-hydrogen) atoms. The van der Waals surface area contributed by atoms with Crippen LogP contribution in [0.25, 0.3) is 6.08 Å².